The van der Waals surface area contributed by atoms with E-state index in [1.807, 2.05) is 13.8 Å². The van der Waals surface area contributed by atoms with Gasteiger partial charge < -0.3 is 14.7 Å². The van der Waals surface area contributed by atoms with Gasteiger partial charge in [0.05, 0.1) is 23.5 Å². The van der Waals surface area contributed by atoms with Gasteiger partial charge >= 0.3 is 11.9 Å². The quantitative estimate of drug-likeness (QED) is 0.229. The number of aliphatic carboxylic acids is 1. The topological polar surface area (TPSA) is 155 Å². The number of hydrogen-bond donors (Lipinski definition) is 1. The van der Waals surface area contributed by atoms with Crippen molar-refractivity contribution < 1.29 is 42.2 Å². The number of sulfonamides is 1. The lowest BCUT2D eigenvalue weighted by Gasteiger charge is -2.72. The number of nitrogens with zero attached hydrogens (tertiary/aromatic N) is 2. The first-order chi connectivity index (χ1) is 24.8. The van der Waals surface area contributed by atoms with E-state index in [2.05, 4.69) is 34.6 Å². The van der Waals surface area contributed by atoms with Crippen LogP contribution in [0, 0.1) is 56.2 Å². The van der Waals surface area contributed by atoms with Crippen molar-refractivity contribution in [1.29, 1.82) is 0 Å². The fourth-order valence-corrected chi connectivity index (χ4v) is 14.1. The number of amides is 1. The smallest absolute Gasteiger partial charge is 0.309 e. The molecule has 4 saturated carbocycles. The summed E-state index contributed by atoms with van der Waals surface area (Å²) in [6, 6.07) is 0. The highest BCUT2D eigenvalue weighted by Gasteiger charge is 2.71. The predicted molar refractivity (Wildman–Crippen MR) is 203 cm³/mol. The summed E-state index contributed by atoms with van der Waals surface area (Å²) in [6.45, 7) is 19.4. The normalized spacial score (nSPS) is 38.3. The zero-order valence-electron chi connectivity index (χ0n) is 34.3. The molecular formula is C42H64N2O9S. The Morgan fingerprint density at radius 3 is 2.07 bits per heavy atom. The zero-order chi connectivity index (χ0) is 40.2. The monoisotopic (exact) mass is 772 g/mol. The molecule has 6 rings (SSSR count). The van der Waals surface area contributed by atoms with Gasteiger partial charge in [-0.2, -0.15) is 4.31 Å². The maximum absolute atomic E-state index is 14.7. The first-order valence-corrected chi connectivity index (χ1v) is 22.1. The molecule has 12 heteroatoms. The number of carbonyl (C=O) groups excluding carboxylic acids is 4. The van der Waals surface area contributed by atoms with E-state index in [-0.39, 0.29) is 90.3 Å². The summed E-state index contributed by atoms with van der Waals surface area (Å²) >= 11 is 0. The third-order valence-electron chi connectivity index (χ3n) is 16.4. The molecule has 0 aromatic heterocycles. The van der Waals surface area contributed by atoms with Gasteiger partial charge in [0.15, 0.2) is 5.78 Å². The Bertz CT molecular complexity index is 1770. The summed E-state index contributed by atoms with van der Waals surface area (Å²) in [5.41, 5.74) is -1.37. The number of piperazine rings is 1. The minimum Gasteiger partial charge on any atom is -0.481 e. The van der Waals surface area contributed by atoms with Gasteiger partial charge in [0.1, 0.15) is 6.10 Å². The Kier molecular flexibility index (Phi) is 10.1. The van der Waals surface area contributed by atoms with Crippen LogP contribution in [-0.2, 0) is 38.7 Å². The van der Waals surface area contributed by atoms with Gasteiger partial charge in [-0.1, -0.05) is 48.5 Å². The molecule has 1 heterocycles. The standard InChI is InChI=1S/C42H64N2O9S/c1-25(2)32-27(45)23-42(34(47)35(48)43-19-21-44(22-20-43)54(10,51)52)18-17-40(8)26(33(32)42)11-12-29-39(7)15-14-30(53-31(46)24-37(3,4)36(49)50)38(5,6)28(39)13-16-41(29,40)9/h25-26,28-30H,11-24H2,1-10H3,(H,49,50)/t26-,28?,29-,30+,39+,40-,41-,42-/m1/s1. The van der Waals surface area contributed by atoms with Crippen molar-refractivity contribution in [2.75, 3.05) is 32.4 Å². The molecule has 11 nitrogen and oxygen atoms in total. The lowest BCUT2D eigenvalue weighted by Crippen LogP contribution is -2.66. The SMILES string of the molecule is CC(C)C1=C2[C@H]3CC[C@@H]4[C@@]5(C)CC[C@H](OC(=O)CC(C)(C)C(=O)O)C(C)(C)C5CC[C@@]4(C)[C@]3(C)CC[C@@]2(C(=O)C(=O)N2CCN(S(C)(=O)=O)CC2)CC1=O. The highest BCUT2D eigenvalue weighted by Crippen LogP contribution is 2.77. The summed E-state index contributed by atoms with van der Waals surface area (Å²) in [5, 5.41) is 9.60. The van der Waals surface area contributed by atoms with Crippen molar-refractivity contribution in [3.05, 3.63) is 11.1 Å². The number of hydrogen-bond acceptors (Lipinski definition) is 8. The number of esters is 1. The predicted octanol–water partition coefficient (Wildman–Crippen LogP) is 6.05. The van der Waals surface area contributed by atoms with Gasteiger partial charge in [-0.15, -0.1) is 0 Å². The van der Waals surface area contributed by atoms with Crippen LogP contribution < -0.4 is 0 Å². The molecule has 8 atom stereocenters. The third-order valence-corrected chi connectivity index (χ3v) is 17.7. The van der Waals surface area contributed by atoms with Gasteiger partial charge in [-0.3, -0.25) is 24.0 Å². The molecule has 54 heavy (non-hydrogen) atoms. The molecule has 6 aliphatic rings. The van der Waals surface area contributed by atoms with E-state index in [0.717, 1.165) is 55.9 Å². The van der Waals surface area contributed by atoms with Crippen LogP contribution in [0.15, 0.2) is 11.1 Å². The van der Waals surface area contributed by atoms with E-state index >= 15 is 0 Å². The Morgan fingerprint density at radius 1 is 0.870 bits per heavy atom. The fourth-order valence-electron chi connectivity index (χ4n) is 13.3. The van der Waals surface area contributed by atoms with Crippen molar-refractivity contribution in [2.45, 2.75) is 133 Å². The second-order valence-electron chi connectivity index (χ2n) is 20.3. The second kappa shape index (κ2) is 13.2. The average Bonchev–Trinajstić information content (AvgIpc) is 3.38. The van der Waals surface area contributed by atoms with Crippen LogP contribution in [0.3, 0.4) is 0 Å². The highest BCUT2D eigenvalue weighted by atomic mass is 32.2. The minimum absolute atomic E-state index is 0.0155. The molecule has 0 aromatic carbocycles. The molecule has 0 radical (unpaired) electrons. The number of carboxylic acids is 1. The van der Waals surface area contributed by atoms with E-state index in [1.54, 1.807) is 13.8 Å². The van der Waals surface area contributed by atoms with Crippen molar-refractivity contribution in [3.8, 4) is 0 Å². The average molecular weight is 773 g/mol. The van der Waals surface area contributed by atoms with E-state index in [4.69, 9.17) is 4.74 Å². The number of carboxylic acid groups (broad SMARTS) is 1. The summed E-state index contributed by atoms with van der Waals surface area (Å²) in [5.74, 6) is -2.06. The number of Topliss-reactive ketones (excluding diaryl/α,β-unsaturated/α-hetero) is 2. The lowest BCUT2D eigenvalue weighted by molar-refractivity contribution is -0.233. The number of ketones is 2. The van der Waals surface area contributed by atoms with Crippen LogP contribution in [0.4, 0.5) is 0 Å². The Balaban J connectivity index is 1.29. The van der Waals surface area contributed by atoms with Crippen molar-refractivity contribution >= 4 is 39.4 Å². The summed E-state index contributed by atoms with van der Waals surface area (Å²) in [7, 11) is -3.41. The fraction of sp³-hybridized carbons (Fsp3) is 0.833. The maximum Gasteiger partial charge on any atom is 0.309 e. The first-order valence-electron chi connectivity index (χ1n) is 20.3. The number of carbonyl (C=O) groups is 5. The largest absolute Gasteiger partial charge is 0.481 e. The molecule has 0 spiro atoms. The molecule has 0 aromatic rings. The third kappa shape index (κ3) is 6.04. The number of allylic oxidation sites excluding steroid dienone is 2. The van der Waals surface area contributed by atoms with Crippen LogP contribution >= 0.6 is 0 Å². The summed E-state index contributed by atoms with van der Waals surface area (Å²) < 4.78 is 31.7. The van der Waals surface area contributed by atoms with Gasteiger partial charge in [0.2, 0.25) is 15.8 Å². The second-order valence-corrected chi connectivity index (χ2v) is 22.2. The van der Waals surface area contributed by atoms with Gasteiger partial charge in [-0.25, -0.2) is 8.42 Å². The van der Waals surface area contributed by atoms with Crippen LogP contribution in [-0.4, -0.2) is 90.7 Å². The molecule has 1 saturated heterocycles. The van der Waals surface area contributed by atoms with Gasteiger partial charge in [-0.05, 0) is 116 Å². The number of fused-ring (bicyclic) bond motifs is 7. The van der Waals surface area contributed by atoms with Crippen molar-refractivity contribution in [1.82, 2.24) is 9.21 Å². The molecule has 1 aliphatic heterocycles. The van der Waals surface area contributed by atoms with E-state index in [0.29, 0.717) is 18.8 Å². The Morgan fingerprint density at radius 2 is 1.50 bits per heavy atom. The van der Waals surface area contributed by atoms with Crippen molar-refractivity contribution in [2.24, 2.45) is 56.2 Å². The molecule has 1 N–H and O–H groups in total. The zero-order valence-corrected chi connectivity index (χ0v) is 35.1. The molecular weight excluding hydrogens is 709 g/mol. The molecule has 302 valence electrons. The van der Waals surface area contributed by atoms with Gasteiger partial charge in [0, 0.05) is 38.0 Å². The Hall–Kier alpha value is -2.60. The lowest BCUT2D eigenvalue weighted by atomic mass is 9.33. The van der Waals surface area contributed by atoms with Crippen LogP contribution in [0.25, 0.3) is 0 Å². The highest BCUT2D eigenvalue weighted by molar-refractivity contribution is 7.88. The summed E-state index contributed by atoms with van der Waals surface area (Å²) in [6.07, 6.45) is 7.17. The molecule has 1 unspecified atom stereocenters. The van der Waals surface area contributed by atoms with E-state index < -0.39 is 44.5 Å². The molecule has 5 fully saturated rings. The van der Waals surface area contributed by atoms with Crippen molar-refractivity contribution in [3.63, 3.8) is 0 Å². The molecule has 1 amide bonds. The van der Waals surface area contributed by atoms with Gasteiger partial charge in [0.25, 0.3) is 5.91 Å². The van der Waals surface area contributed by atoms with Crippen LogP contribution in [0.5, 0.6) is 0 Å². The maximum atomic E-state index is 14.7. The first kappa shape index (κ1) is 41.0. The molecule has 5 aliphatic carbocycles. The molecule has 0 bridgehead atoms. The Labute approximate surface area is 322 Å². The van der Waals surface area contributed by atoms with Crippen LogP contribution in [0.2, 0.25) is 0 Å². The number of ether oxygens (including phenoxy) is 1. The summed E-state index contributed by atoms with van der Waals surface area (Å²) in [4.78, 5) is 69.1. The van der Waals surface area contributed by atoms with E-state index in [9.17, 15) is 37.5 Å². The number of rotatable bonds is 8. The van der Waals surface area contributed by atoms with E-state index in [1.165, 1.54) is 9.21 Å². The van der Waals surface area contributed by atoms with Crippen LogP contribution in [0.1, 0.15) is 127 Å². The minimum atomic E-state index is -3.41.